The number of carboxylic acid groups (broad SMARTS) is 1. The number of aromatic nitrogens is 2. The first-order chi connectivity index (χ1) is 8.24. The van der Waals surface area contributed by atoms with Crippen molar-refractivity contribution in [1.82, 2.24) is 9.55 Å². The van der Waals surface area contributed by atoms with Crippen LogP contribution in [-0.4, -0.2) is 32.6 Å². The Balaban J connectivity index is 2.34. The third kappa shape index (κ3) is 2.44. The monoisotopic (exact) mass is 250 g/mol. The van der Waals surface area contributed by atoms with E-state index in [0.717, 1.165) is 24.2 Å². The van der Waals surface area contributed by atoms with Gasteiger partial charge in [-0.1, -0.05) is 6.07 Å². The van der Waals surface area contributed by atoms with Crippen molar-refractivity contribution in [2.45, 2.75) is 13.0 Å². The lowest BCUT2D eigenvalue weighted by Gasteiger charge is -2.03. The van der Waals surface area contributed by atoms with E-state index < -0.39 is 5.97 Å². The fourth-order valence-electron chi connectivity index (χ4n) is 1.82. The molecule has 0 aliphatic carbocycles. The standard InChI is InChI=1S/C12H14N2O2S/c1-17-7-3-6-14-8-13-11-9(12(15)16)4-2-5-10(11)14/h2,4-5,8H,3,6-7H2,1H3,(H,15,16). The summed E-state index contributed by atoms with van der Waals surface area (Å²) in [4.78, 5) is 15.2. The Morgan fingerprint density at radius 2 is 2.35 bits per heavy atom. The van der Waals surface area contributed by atoms with Gasteiger partial charge in [0.2, 0.25) is 0 Å². The predicted molar refractivity (Wildman–Crippen MR) is 69.7 cm³/mol. The normalized spacial score (nSPS) is 10.9. The molecule has 0 amide bonds. The Morgan fingerprint density at radius 1 is 1.53 bits per heavy atom. The van der Waals surface area contributed by atoms with Crippen molar-refractivity contribution in [3.05, 3.63) is 30.1 Å². The summed E-state index contributed by atoms with van der Waals surface area (Å²) in [7, 11) is 0. The molecule has 5 heteroatoms. The number of imidazole rings is 1. The van der Waals surface area contributed by atoms with Gasteiger partial charge in [-0.25, -0.2) is 9.78 Å². The van der Waals surface area contributed by atoms with Gasteiger partial charge in [0.15, 0.2) is 0 Å². The van der Waals surface area contributed by atoms with Crippen molar-refractivity contribution in [2.24, 2.45) is 0 Å². The molecule has 0 fully saturated rings. The first kappa shape index (κ1) is 12.0. The maximum absolute atomic E-state index is 11.0. The third-order valence-electron chi connectivity index (χ3n) is 2.63. The summed E-state index contributed by atoms with van der Waals surface area (Å²) < 4.78 is 2.01. The van der Waals surface area contributed by atoms with Crippen LogP contribution < -0.4 is 0 Å². The van der Waals surface area contributed by atoms with E-state index in [1.165, 1.54) is 0 Å². The molecule has 1 heterocycles. The first-order valence-electron chi connectivity index (χ1n) is 5.40. The molecule has 0 bridgehead atoms. The highest BCUT2D eigenvalue weighted by Gasteiger charge is 2.11. The van der Waals surface area contributed by atoms with Gasteiger partial charge in [0.05, 0.1) is 17.4 Å². The first-order valence-corrected chi connectivity index (χ1v) is 6.79. The van der Waals surface area contributed by atoms with Crippen molar-refractivity contribution in [1.29, 1.82) is 0 Å². The number of hydrogen-bond acceptors (Lipinski definition) is 3. The summed E-state index contributed by atoms with van der Waals surface area (Å²) in [6, 6.07) is 5.26. The Kier molecular flexibility index (Phi) is 3.68. The molecule has 2 aromatic rings. The molecule has 0 saturated heterocycles. The van der Waals surface area contributed by atoms with Crippen LogP contribution in [0.5, 0.6) is 0 Å². The summed E-state index contributed by atoms with van der Waals surface area (Å²) in [5.74, 6) is 0.170. The number of rotatable bonds is 5. The summed E-state index contributed by atoms with van der Waals surface area (Å²) >= 11 is 1.81. The lowest BCUT2D eigenvalue weighted by Crippen LogP contribution is -1.99. The van der Waals surface area contributed by atoms with Gasteiger partial charge in [0.25, 0.3) is 0 Å². The number of para-hydroxylation sites is 1. The molecule has 1 N–H and O–H groups in total. The second-order valence-corrected chi connectivity index (χ2v) is 4.75. The Bertz CT molecular complexity index is 536. The van der Waals surface area contributed by atoms with Crippen LogP contribution in [-0.2, 0) is 6.54 Å². The number of nitrogens with zero attached hydrogens (tertiary/aromatic N) is 2. The van der Waals surface area contributed by atoms with E-state index in [0.29, 0.717) is 5.52 Å². The van der Waals surface area contributed by atoms with E-state index in [1.54, 1.807) is 18.5 Å². The quantitative estimate of drug-likeness (QED) is 0.828. The second-order valence-electron chi connectivity index (χ2n) is 3.76. The molecular weight excluding hydrogens is 236 g/mol. The van der Waals surface area contributed by atoms with Crippen molar-refractivity contribution in [3.63, 3.8) is 0 Å². The number of aryl methyl sites for hydroxylation is 1. The predicted octanol–water partition coefficient (Wildman–Crippen LogP) is 2.49. The van der Waals surface area contributed by atoms with Gasteiger partial charge in [0, 0.05) is 6.54 Å². The maximum Gasteiger partial charge on any atom is 0.337 e. The smallest absolute Gasteiger partial charge is 0.337 e. The van der Waals surface area contributed by atoms with Crippen LogP contribution in [0.15, 0.2) is 24.5 Å². The highest BCUT2D eigenvalue weighted by molar-refractivity contribution is 7.98. The van der Waals surface area contributed by atoms with Gasteiger partial charge >= 0.3 is 5.97 Å². The molecule has 0 aliphatic heterocycles. The number of carbonyl (C=O) groups is 1. The molecule has 0 unspecified atom stereocenters. The zero-order valence-electron chi connectivity index (χ0n) is 9.59. The van der Waals surface area contributed by atoms with Gasteiger partial charge < -0.3 is 9.67 Å². The molecule has 1 aromatic carbocycles. The number of fused-ring (bicyclic) bond motifs is 1. The number of thioether (sulfide) groups is 1. The molecule has 0 spiro atoms. The largest absolute Gasteiger partial charge is 0.478 e. The van der Waals surface area contributed by atoms with Gasteiger partial charge in [-0.15, -0.1) is 0 Å². The van der Waals surface area contributed by atoms with Gasteiger partial charge in [-0.05, 0) is 30.6 Å². The van der Waals surface area contributed by atoms with Crippen molar-refractivity contribution in [3.8, 4) is 0 Å². The lowest BCUT2D eigenvalue weighted by molar-refractivity contribution is 0.0699. The van der Waals surface area contributed by atoms with E-state index in [4.69, 9.17) is 5.11 Å². The van der Waals surface area contributed by atoms with Crippen LogP contribution in [0.4, 0.5) is 0 Å². The number of benzene rings is 1. The van der Waals surface area contributed by atoms with Gasteiger partial charge in [-0.3, -0.25) is 0 Å². The molecule has 0 atom stereocenters. The van der Waals surface area contributed by atoms with Crippen LogP contribution in [0.2, 0.25) is 0 Å². The van der Waals surface area contributed by atoms with E-state index >= 15 is 0 Å². The molecule has 0 radical (unpaired) electrons. The van der Waals surface area contributed by atoms with Crippen LogP contribution in [0.1, 0.15) is 16.8 Å². The molecule has 4 nitrogen and oxygen atoms in total. The topological polar surface area (TPSA) is 55.1 Å². The number of hydrogen-bond donors (Lipinski definition) is 1. The molecule has 90 valence electrons. The zero-order valence-corrected chi connectivity index (χ0v) is 10.4. The molecule has 0 saturated carbocycles. The highest BCUT2D eigenvalue weighted by Crippen LogP contribution is 2.18. The highest BCUT2D eigenvalue weighted by atomic mass is 32.2. The summed E-state index contributed by atoms with van der Waals surface area (Å²) in [6.07, 6.45) is 4.86. The Hall–Kier alpha value is -1.49. The minimum atomic E-state index is -0.926. The summed E-state index contributed by atoms with van der Waals surface area (Å²) in [6.45, 7) is 0.875. The average molecular weight is 250 g/mol. The molecule has 1 aromatic heterocycles. The van der Waals surface area contributed by atoms with E-state index in [1.807, 2.05) is 22.4 Å². The average Bonchev–Trinajstić information content (AvgIpc) is 2.72. The molecule has 0 aliphatic rings. The van der Waals surface area contributed by atoms with Gasteiger partial charge in [0.1, 0.15) is 5.52 Å². The van der Waals surface area contributed by atoms with Crippen molar-refractivity contribution >= 4 is 28.8 Å². The number of aromatic carboxylic acids is 1. The molecule has 2 rings (SSSR count). The molecular formula is C12H14N2O2S. The lowest BCUT2D eigenvalue weighted by atomic mass is 10.2. The van der Waals surface area contributed by atoms with Crippen LogP contribution in [0, 0.1) is 0 Å². The van der Waals surface area contributed by atoms with Crippen LogP contribution in [0.3, 0.4) is 0 Å². The minimum Gasteiger partial charge on any atom is -0.478 e. The number of carboxylic acids is 1. The van der Waals surface area contributed by atoms with Crippen LogP contribution in [0.25, 0.3) is 11.0 Å². The Labute approximate surface area is 104 Å². The minimum absolute atomic E-state index is 0.270. The Morgan fingerprint density at radius 3 is 3.06 bits per heavy atom. The maximum atomic E-state index is 11.0. The van der Waals surface area contributed by atoms with E-state index in [2.05, 4.69) is 11.2 Å². The summed E-state index contributed by atoms with van der Waals surface area (Å²) in [5.41, 5.74) is 1.74. The van der Waals surface area contributed by atoms with Crippen molar-refractivity contribution in [2.75, 3.05) is 12.0 Å². The summed E-state index contributed by atoms with van der Waals surface area (Å²) in [5, 5.41) is 9.05. The van der Waals surface area contributed by atoms with E-state index in [-0.39, 0.29) is 5.56 Å². The van der Waals surface area contributed by atoms with Crippen LogP contribution >= 0.6 is 11.8 Å². The zero-order chi connectivity index (χ0) is 12.3. The van der Waals surface area contributed by atoms with Gasteiger partial charge in [-0.2, -0.15) is 11.8 Å². The third-order valence-corrected chi connectivity index (χ3v) is 3.33. The SMILES string of the molecule is CSCCCn1cnc2c(C(=O)O)cccc21. The van der Waals surface area contributed by atoms with Crippen molar-refractivity contribution < 1.29 is 9.90 Å². The molecule has 17 heavy (non-hydrogen) atoms. The fraction of sp³-hybridized carbons (Fsp3) is 0.333. The second kappa shape index (κ2) is 5.23. The van der Waals surface area contributed by atoms with E-state index in [9.17, 15) is 4.79 Å². The fourth-order valence-corrected chi connectivity index (χ4v) is 2.24.